The molecule has 83 heavy (non-hydrogen) atoms. The number of carbonyl (C=O) groups is 3. The van der Waals surface area contributed by atoms with Gasteiger partial charge in [0.25, 0.3) is 0 Å². The van der Waals surface area contributed by atoms with Crippen LogP contribution in [0.1, 0.15) is 367 Å². The highest BCUT2D eigenvalue weighted by Gasteiger charge is 2.19. The fourth-order valence-electron chi connectivity index (χ4n) is 10.5. The number of allylic oxidation sites excluding steroid dienone is 14. The van der Waals surface area contributed by atoms with Crippen LogP contribution in [0.25, 0.3) is 0 Å². The minimum Gasteiger partial charge on any atom is -0.462 e. The summed E-state index contributed by atoms with van der Waals surface area (Å²) in [6.45, 7) is 6.49. The fourth-order valence-corrected chi connectivity index (χ4v) is 10.5. The van der Waals surface area contributed by atoms with Gasteiger partial charge in [-0.05, 0) is 89.9 Å². The van der Waals surface area contributed by atoms with Crippen LogP contribution in [-0.4, -0.2) is 37.2 Å². The molecule has 0 fully saturated rings. The molecule has 0 aliphatic rings. The van der Waals surface area contributed by atoms with Crippen LogP contribution in [0.3, 0.4) is 0 Å². The number of hydrogen-bond acceptors (Lipinski definition) is 6. The van der Waals surface area contributed by atoms with E-state index in [-0.39, 0.29) is 37.5 Å². The summed E-state index contributed by atoms with van der Waals surface area (Å²) in [6.07, 6.45) is 95.1. The monoisotopic (exact) mass is 1160 g/mol. The number of carbonyl (C=O) groups excluding carboxylic acids is 3. The highest BCUT2D eigenvalue weighted by molar-refractivity contribution is 5.71. The maximum absolute atomic E-state index is 12.9. The number of unbranched alkanes of at least 4 members (excludes halogenated alkanes) is 41. The Labute approximate surface area is 515 Å². The molecule has 480 valence electrons. The van der Waals surface area contributed by atoms with Gasteiger partial charge in [0.2, 0.25) is 0 Å². The first-order valence-electron chi connectivity index (χ1n) is 36.1. The second-order valence-electron chi connectivity index (χ2n) is 24.1. The molecule has 0 aliphatic carbocycles. The molecule has 0 N–H and O–H groups in total. The van der Waals surface area contributed by atoms with Crippen LogP contribution in [0.5, 0.6) is 0 Å². The molecule has 0 bridgehead atoms. The van der Waals surface area contributed by atoms with Gasteiger partial charge in [-0.25, -0.2) is 0 Å². The first-order valence-corrected chi connectivity index (χ1v) is 36.1. The van der Waals surface area contributed by atoms with E-state index in [0.717, 1.165) is 103 Å². The van der Waals surface area contributed by atoms with Crippen molar-refractivity contribution in [1.29, 1.82) is 0 Å². The van der Waals surface area contributed by atoms with E-state index >= 15 is 0 Å². The molecule has 0 aromatic carbocycles. The average molecular weight is 1160 g/mol. The lowest BCUT2D eigenvalue weighted by molar-refractivity contribution is -0.167. The molecule has 0 aromatic rings. The third-order valence-electron chi connectivity index (χ3n) is 15.9. The van der Waals surface area contributed by atoms with Crippen LogP contribution in [0.15, 0.2) is 85.1 Å². The van der Waals surface area contributed by atoms with E-state index in [1.807, 2.05) is 0 Å². The highest BCUT2D eigenvalue weighted by atomic mass is 16.6. The average Bonchev–Trinajstić information content (AvgIpc) is 3.48. The molecule has 0 aliphatic heterocycles. The fraction of sp³-hybridized carbons (Fsp3) is 0.779. The van der Waals surface area contributed by atoms with Gasteiger partial charge in [0.15, 0.2) is 6.10 Å². The third kappa shape index (κ3) is 69.3. The summed E-state index contributed by atoms with van der Waals surface area (Å²) in [5.41, 5.74) is 0. The lowest BCUT2D eigenvalue weighted by Gasteiger charge is -2.18. The van der Waals surface area contributed by atoms with Crippen molar-refractivity contribution in [3.8, 4) is 0 Å². The zero-order valence-corrected chi connectivity index (χ0v) is 55.2. The van der Waals surface area contributed by atoms with E-state index < -0.39 is 6.10 Å². The van der Waals surface area contributed by atoms with E-state index in [1.54, 1.807) is 0 Å². The number of ether oxygens (including phenoxy) is 3. The Hall–Kier alpha value is -3.41. The van der Waals surface area contributed by atoms with Gasteiger partial charge in [-0.3, -0.25) is 14.4 Å². The lowest BCUT2D eigenvalue weighted by atomic mass is 10.0. The summed E-state index contributed by atoms with van der Waals surface area (Å²) in [5, 5.41) is 0. The maximum atomic E-state index is 12.9. The van der Waals surface area contributed by atoms with Crippen molar-refractivity contribution in [2.75, 3.05) is 13.2 Å². The number of rotatable bonds is 66. The summed E-state index contributed by atoms with van der Waals surface area (Å²) < 4.78 is 16.9. The van der Waals surface area contributed by atoms with Crippen LogP contribution in [0, 0.1) is 0 Å². The topological polar surface area (TPSA) is 78.9 Å². The van der Waals surface area contributed by atoms with Gasteiger partial charge in [0.1, 0.15) is 13.2 Å². The Morgan fingerprint density at radius 2 is 0.482 bits per heavy atom. The molecular weight excluding hydrogens is 1020 g/mol. The van der Waals surface area contributed by atoms with Crippen LogP contribution in [0.2, 0.25) is 0 Å². The molecule has 6 heteroatoms. The SMILES string of the molecule is CC/C=C\C/C=C\C/C=C\C/C=C\C/C=C\C/C=C\CCCCC(=O)OC(COC(=O)CCCCCCC/C=C\CCCC)COC(=O)CCCCCCCCCCCCCCCCCCCCCCCCCCCCCCCCCCC. The Morgan fingerprint density at radius 1 is 0.253 bits per heavy atom. The third-order valence-corrected chi connectivity index (χ3v) is 15.9. The van der Waals surface area contributed by atoms with Gasteiger partial charge in [0.05, 0.1) is 0 Å². The zero-order chi connectivity index (χ0) is 59.9. The van der Waals surface area contributed by atoms with Crippen molar-refractivity contribution in [3.63, 3.8) is 0 Å². The van der Waals surface area contributed by atoms with E-state index in [0.29, 0.717) is 19.3 Å². The van der Waals surface area contributed by atoms with Gasteiger partial charge in [-0.1, -0.05) is 343 Å². The Morgan fingerprint density at radius 3 is 0.807 bits per heavy atom. The zero-order valence-electron chi connectivity index (χ0n) is 55.2. The molecular formula is C77H136O6. The van der Waals surface area contributed by atoms with Crippen LogP contribution in [-0.2, 0) is 28.6 Å². The molecule has 6 nitrogen and oxygen atoms in total. The molecule has 0 saturated heterocycles. The van der Waals surface area contributed by atoms with Gasteiger partial charge in [-0.2, -0.15) is 0 Å². The van der Waals surface area contributed by atoms with E-state index in [2.05, 4.69) is 106 Å². The smallest absolute Gasteiger partial charge is 0.306 e. The van der Waals surface area contributed by atoms with Crippen molar-refractivity contribution in [1.82, 2.24) is 0 Å². The summed E-state index contributed by atoms with van der Waals surface area (Å²) in [5.74, 6) is -0.934. The molecule has 0 saturated carbocycles. The van der Waals surface area contributed by atoms with Crippen molar-refractivity contribution < 1.29 is 28.6 Å². The van der Waals surface area contributed by atoms with Crippen molar-refractivity contribution in [2.45, 2.75) is 374 Å². The molecule has 0 heterocycles. The standard InChI is InChI=1S/C77H136O6/c1-4-7-10-13-16-19-22-24-26-28-30-32-33-34-35-36-37-38-39-40-41-42-43-45-46-48-50-52-55-58-61-64-67-70-76(79)82-73-74(72-81-75(78)69-66-63-60-57-54-21-18-15-12-9-6-3)83-77(80)71-68-65-62-59-56-53-51-49-47-44-31-29-27-25-23-20-17-14-11-8-5-2/h8,11,15,17-18,20,25,27,31,44,49,51,56,59,74H,4-7,9-10,12-14,16,19,21-24,26,28-30,32-43,45-48,50,52-55,57-58,60-73H2,1-3H3/b11-8-,18-15-,20-17-,27-25-,44-31-,51-49-,59-56-. The molecule has 0 spiro atoms. The number of esters is 3. The summed E-state index contributed by atoms with van der Waals surface area (Å²) in [4.78, 5) is 38.3. The first-order chi connectivity index (χ1) is 41.0. The Kier molecular flexibility index (Phi) is 68.2. The maximum Gasteiger partial charge on any atom is 0.306 e. The van der Waals surface area contributed by atoms with Crippen molar-refractivity contribution in [3.05, 3.63) is 85.1 Å². The van der Waals surface area contributed by atoms with E-state index in [9.17, 15) is 14.4 Å². The van der Waals surface area contributed by atoms with E-state index in [4.69, 9.17) is 14.2 Å². The molecule has 0 rings (SSSR count). The predicted octanol–water partition coefficient (Wildman–Crippen LogP) is 25.0. The summed E-state index contributed by atoms with van der Waals surface area (Å²) in [6, 6.07) is 0. The largest absolute Gasteiger partial charge is 0.462 e. The second kappa shape index (κ2) is 71.1. The predicted molar refractivity (Wildman–Crippen MR) is 362 cm³/mol. The lowest BCUT2D eigenvalue weighted by Crippen LogP contribution is -2.30. The molecule has 0 amide bonds. The van der Waals surface area contributed by atoms with Crippen LogP contribution < -0.4 is 0 Å². The summed E-state index contributed by atoms with van der Waals surface area (Å²) >= 11 is 0. The van der Waals surface area contributed by atoms with Gasteiger partial charge < -0.3 is 14.2 Å². The minimum atomic E-state index is -0.803. The molecule has 1 unspecified atom stereocenters. The Balaban J connectivity index is 4.16. The highest BCUT2D eigenvalue weighted by Crippen LogP contribution is 2.18. The van der Waals surface area contributed by atoms with Gasteiger partial charge in [0, 0.05) is 19.3 Å². The summed E-state index contributed by atoms with van der Waals surface area (Å²) in [7, 11) is 0. The van der Waals surface area contributed by atoms with Crippen molar-refractivity contribution in [2.24, 2.45) is 0 Å². The minimum absolute atomic E-state index is 0.0943. The second-order valence-corrected chi connectivity index (χ2v) is 24.1. The van der Waals surface area contributed by atoms with Crippen molar-refractivity contribution >= 4 is 17.9 Å². The first kappa shape index (κ1) is 79.6. The molecule has 1 atom stereocenters. The Bertz CT molecular complexity index is 1570. The van der Waals surface area contributed by atoms with Crippen LogP contribution >= 0.6 is 0 Å². The van der Waals surface area contributed by atoms with Crippen LogP contribution in [0.4, 0.5) is 0 Å². The quantitative estimate of drug-likeness (QED) is 0.0261. The number of hydrogen-bond donors (Lipinski definition) is 0. The molecule has 0 aromatic heterocycles. The van der Waals surface area contributed by atoms with Gasteiger partial charge in [-0.15, -0.1) is 0 Å². The van der Waals surface area contributed by atoms with E-state index in [1.165, 1.54) is 218 Å². The molecule has 0 radical (unpaired) electrons. The normalized spacial score (nSPS) is 12.6. The van der Waals surface area contributed by atoms with Gasteiger partial charge >= 0.3 is 17.9 Å².